The highest BCUT2D eigenvalue weighted by Gasteiger charge is 2.19. The molecule has 2 heterocycles. The highest BCUT2D eigenvalue weighted by Crippen LogP contribution is 2.24. The molecule has 0 saturated carbocycles. The predicted molar refractivity (Wildman–Crippen MR) is 116 cm³/mol. The fourth-order valence-corrected chi connectivity index (χ4v) is 3.77. The Bertz CT molecular complexity index is 1350. The summed E-state index contributed by atoms with van der Waals surface area (Å²) in [6.07, 6.45) is 1.54. The number of imidazole rings is 1. The summed E-state index contributed by atoms with van der Waals surface area (Å²) < 4.78 is 4.28. The summed E-state index contributed by atoms with van der Waals surface area (Å²) in [5, 5.41) is 1.36. The van der Waals surface area contributed by atoms with Crippen LogP contribution < -0.4 is 11.2 Å². The summed E-state index contributed by atoms with van der Waals surface area (Å²) >= 11 is 18.2. The van der Waals surface area contributed by atoms with Gasteiger partial charge in [-0.05, 0) is 42.8 Å². The molecule has 4 aromatic rings. The van der Waals surface area contributed by atoms with Gasteiger partial charge in [-0.3, -0.25) is 9.36 Å². The third-order valence-corrected chi connectivity index (χ3v) is 5.59. The lowest BCUT2D eigenvalue weighted by Gasteiger charge is -2.12. The van der Waals surface area contributed by atoms with Gasteiger partial charge in [0, 0.05) is 18.1 Å². The average molecular weight is 450 g/mol. The van der Waals surface area contributed by atoms with Crippen molar-refractivity contribution in [1.82, 2.24) is 18.7 Å². The second-order valence-corrected chi connectivity index (χ2v) is 7.69. The van der Waals surface area contributed by atoms with Crippen molar-refractivity contribution in [3.05, 3.63) is 90.3 Å². The van der Waals surface area contributed by atoms with E-state index in [9.17, 15) is 9.59 Å². The number of fused-ring (bicyclic) bond motifs is 1. The van der Waals surface area contributed by atoms with Crippen LogP contribution in [0.2, 0.25) is 15.1 Å². The van der Waals surface area contributed by atoms with E-state index in [1.807, 2.05) is 6.07 Å². The second kappa shape index (κ2) is 7.71. The molecule has 0 radical (unpaired) electrons. The molecule has 6 nitrogen and oxygen atoms in total. The average Bonchev–Trinajstić information content (AvgIpc) is 3.09. The van der Waals surface area contributed by atoms with Crippen LogP contribution >= 0.6 is 34.8 Å². The lowest BCUT2D eigenvalue weighted by atomic mass is 10.2. The van der Waals surface area contributed by atoms with Crippen molar-refractivity contribution in [2.75, 3.05) is 0 Å². The van der Waals surface area contributed by atoms with Crippen LogP contribution in [0.1, 0.15) is 12.5 Å². The van der Waals surface area contributed by atoms with Crippen LogP contribution in [-0.2, 0) is 13.1 Å². The van der Waals surface area contributed by atoms with Gasteiger partial charge < -0.3 is 4.57 Å². The molecule has 0 saturated heterocycles. The molecule has 0 fully saturated rings. The molecule has 0 atom stereocenters. The van der Waals surface area contributed by atoms with Crippen molar-refractivity contribution in [1.29, 1.82) is 0 Å². The highest BCUT2D eigenvalue weighted by atomic mass is 35.5. The molecule has 0 bridgehead atoms. The number of hydrogen-bond acceptors (Lipinski definition) is 3. The van der Waals surface area contributed by atoms with Gasteiger partial charge in [0.05, 0.1) is 22.1 Å². The van der Waals surface area contributed by atoms with E-state index in [4.69, 9.17) is 34.8 Å². The van der Waals surface area contributed by atoms with Crippen LogP contribution in [0, 0.1) is 0 Å². The predicted octanol–water partition coefficient (Wildman–Crippen LogP) is 4.38. The Labute approximate surface area is 180 Å². The maximum Gasteiger partial charge on any atom is 0.337 e. The maximum absolute atomic E-state index is 13.0. The van der Waals surface area contributed by atoms with Crippen molar-refractivity contribution >= 4 is 46.0 Å². The van der Waals surface area contributed by atoms with Crippen molar-refractivity contribution in [3.8, 4) is 5.69 Å². The highest BCUT2D eigenvalue weighted by molar-refractivity contribution is 6.42. The third kappa shape index (κ3) is 3.48. The summed E-state index contributed by atoms with van der Waals surface area (Å²) in [5.41, 5.74) is 1.11. The first kappa shape index (κ1) is 19.8. The van der Waals surface area contributed by atoms with Crippen LogP contribution in [0.5, 0.6) is 0 Å². The van der Waals surface area contributed by atoms with Gasteiger partial charge in [-0.25, -0.2) is 14.3 Å². The standard InChI is InChI=1S/C20H15Cl3N4O2/c1-2-26-19(28)17-18(27(20(26)29)14-5-3-4-13(21)9-14)24-11-25(17)10-12-6-7-15(22)16(23)8-12/h3-9,11H,2,10H2,1H3. The van der Waals surface area contributed by atoms with Gasteiger partial charge in [-0.15, -0.1) is 0 Å². The monoisotopic (exact) mass is 448 g/mol. The fourth-order valence-electron chi connectivity index (χ4n) is 3.26. The van der Waals surface area contributed by atoms with E-state index in [0.29, 0.717) is 32.8 Å². The quantitative estimate of drug-likeness (QED) is 0.464. The molecule has 0 N–H and O–H groups in total. The van der Waals surface area contributed by atoms with Gasteiger partial charge in [0.1, 0.15) is 0 Å². The van der Waals surface area contributed by atoms with Gasteiger partial charge in [0.2, 0.25) is 0 Å². The molecule has 0 spiro atoms. The number of nitrogens with zero attached hydrogens (tertiary/aromatic N) is 4. The SMILES string of the molecule is CCn1c(=O)c2c(ncn2Cc2ccc(Cl)c(Cl)c2)n(-c2cccc(Cl)c2)c1=O. The third-order valence-electron chi connectivity index (χ3n) is 4.62. The van der Waals surface area contributed by atoms with E-state index < -0.39 is 11.2 Å². The minimum Gasteiger partial charge on any atom is -0.320 e. The van der Waals surface area contributed by atoms with E-state index in [1.165, 1.54) is 15.5 Å². The first-order chi connectivity index (χ1) is 13.9. The zero-order chi connectivity index (χ0) is 20.7. The van der Waals surface area contributed by atoms with Crippen molar-refractivity contribution < 1.29 is 0 Å². The Kier molecular flexibility index (Phi) is 5.25. The topological polar surface area (TPSA) is 61.8 Å². The van der Waals surface area contributed by atoms with Crippen molar-refractivity contribution in [3.63, 3.8) is 0 Å². The molecule has 0 aliphatic carbocycles. The van der Waals surface area contributed by atoms with Crippen LogP contribution in [0.4, 0.5) is 0 Å². The fraction of sp³-hybridized carbons (Fsp3) is 0.150. The molecule has 2 aromatic heterocycles. The maximum atomic E-state index is 13.0. The van der Waals surface area contributed by atoms with Gasteiger partial charge in [-0.2, -0.15) is 0 Å². The zero-order valence-electron chi connectivity index (χ0n) is 15.3. The molecular formula is C20H15Cl3N4O2. The lowest BCUT2D eigenvalue weighted by Crippen LogP contribution is -2.39. The van der Waals surface area contributed by atoms with Gasteiger partial charge in [-0.1, -0.05) is 46.9 Å². The minimum absolute atomic E-state index is 0.228. The Morgan fingerprint density at radius 3 is 2.48 bits per heavy atom. The van der Waals surface area contributed by atoms with Crippen LogP contribution in [0.3, 0.4) is 0 Å². The summed E-state index contributed by atoms with van der Waals surface area (Å²) in [5.74, 6) is 0. The number of rotatable bonds is 4. The Morgan fingerprint density at radius 2 is 1.79 bits per heavy atom. The number of hydrogen-bond donors (Lipinski definition) is 0. The molecule has 0 amide bonds. The summed E-state index contributed by atoms with van der Waals surface area (Å²) in [4.78, 5) is 30.4. The molecule has 29 heavy (non-hydrogen) atoms. The summed E-state index contributed by atoms with van der Waals surface area (Å²) in [6, 6.07) is 12.1. The van der Waals surface area contributed by atoms with E-state index in [2.05, 4.69) is 4.98 Å². The van der Waals surface area contributed by atoms with Gasteiger partial charge in [0.25, 0.3) is 5.56 Å². The van der Waals surface area contributed by atoms with Gasteiger partial charge in [0.15, 0.2) is 11.2 Å². The van der Waals surface area contributed by atoms with Crippen molar-refractivity contribution in [2.24, 2.45) is 0 Å². The molecule has 0 aliphatic rings. The smallest absolute Gasteiger partial charge is 0.320 e. The van der Waals surface area contributed by atoms with Crippen LogP contribution in [0.15, 0.2) is 58.4 Å². The summed E-state index contributed by atoms with van der Waals surface area (Å²) in [7, 11) is 0. The van der Waals surface area contributed by atoms with Crippen molar-refractivity contribution in [2.45, 2.75) is 20.0 Å². The largest absolute Gasteiger partial charge is 0.337 e. The van der Waals surface area contributed by atoms with Crippen LogP contribution in [0.25, 0.3) is 16.9 Å². The zero-order valence-corrected chi connectivity index (χ0v) is 17.5. The van der Waals surface area contributed by atoms with Gasteiger partial charge >= 0.3 is 5.69 Å². The first-order valence-corrected chi connectivity index (χ1v) is 9.94. The normalized spacial score (nSPS) is 11.3. The Morgan fingerprint density at radius 1 is 1.00 bits per heavy atom. The Hall–Kier alpha value is -2.54. The van der Waals surface area contributed by atoms with E-state index in [1.54, 1.807) is 47.9 Å². The molecular weight excluding hydrogens is 435 g/mol. The second-order valence-electron chi connectivity index (χ2n) is 6.44. The lowest BCUT2D eigenvalue weighted by molar-refractivity contribution is 0.655. The van der Waals surface area contributed by atoms with E-state index in [-0.39, 0.29) is 12.2 Å². The number of benzene rings is 2. The Balaban J connectivity index is 1.98. The molecule has 148 valence electrons. The molecule has 4 rings (SSSR count). The van der Waals surface area contributed by atoms with Crippen LogP contribution in [-0.4, -0.2) is 18.7 Å². The number of halogens is 3. The number of aromatic nitrogens is 4. The molecule has 2 aromatic carbocycles. The minimum atomic E-state index is -0.466. The van der Waals surface area contributed by atoms with E-state index >= 15 is 0 Å². The van der Waals surface area contributed by atoms with E-state index in [0.717, 1.165) is 5.56 Å². The molecule has 0 aliphatic heterocycles. The first-order valence-electron chi connectivity index (χ1n) is 8.81. The summed E-state index contributed by atoms with van der Waals surface area (Å²) in [6.45, 7) is 2.32. The molecule has 9 heteroatoms. The molecule has 0 unspecified atom stereocenters.